The summed E-state index contributed by atoms with van der Waals surface area (Å²) in [6, 6.07) is 7.56. The van der Waals surface area contributed by atoms with Crippen molar-refractivity contribution in [3.63, 3.8) is 0 Å². The fourth-order valence-corrected chi connectivity index (χ4v) is 1.97. The summed E-state index contributed by atoms with van der Waals surface area (Å²) in [7, 11) is 0. The summed E-state index contributed by atoms with van der Waals surface area (Å²) in [5, 5.41) is 10.5. The maximum atomic E-state index is 12.1. The summed E-state index contributed by atoms with van der Waals surface area (Å²) in [6.45, 7) is 3.43. The van der Waals surface area contributed by atoms with Crippen LogP contribution in [-0.4, -0.2) is 21.1 Å². The van der Waals surface area contributed by atoms with Crippen molar-refractivity contribution in [3.8, 4) is 0 Å². The number of aromatic amines is 1. The molecular weight excluding hydrogens is 244 g/mol. The molecule has 1 amide bonds. The molecule has 0 spiro atoms. The van der Waals surface area contributed by atoms with Crippen LogP contribution in [0.15, 0.2) is 28.7 Å². The van der Waals surface area contributed by atoms with Gasteiger partial charge in [-0.05, 0) is 19.1 Å². The fraction of sp³-hybridized carbons (Fsp3) is 0.154. The number of carbonyl (C=O) groups excluding carboxylic acids is 1. The van der Waals surface area contributed by atoms with Gasteiger partial charge in [-0.25, -0.2) is 4.98 Å². The van der Waals surface area contributed by atoms with Crippen LogP contribution in [0.3, 0.4) is 0 Å². The van der Waals surface area contributed by atoms with Gasteiger partial charge in [0.25, 0.3) is 5.91 Å². The number of aryl methyl sites for hydroxylation is 2. The molecule has 2 N–H and O–H groups in total. The van der Waals surface area contributed by atoms with Crippen LogP contribution in [0.25, 0.3) is 10.9 Å². The smallest absolute Gasteiger partial charge is 0.294 e. The van der Waals surface area contributed by atoms with Crippen LogP contribution < -0.4 is 5.32 Å². The highest BCUT2D eigenvalue weighted by atomic mass is 16.4. The van der Waals surface area contributed by atoms with Crippen LogP contribution in [-0.2, 0) is 0 Å². The van der Waals surface area contributed by atoms with Gasteiger partial charge in [-0.2, -0.15) is 5.10 Å². The van der Waals surface area contributed by atoms with E-state index in [9.17, 15) is 4.79 Å². The molecule has 19 heavy (non-hydrogen) atoms. The Morgan fingerprint density at radius 3 is 2.84 bits per heavy atom. The van der Waals surface area contributed by atoms with Crippen molar-refractivity contribution < 1.29 is 9.21 Å². The molecule has 2 aromatic heterocycles. The average molecular weight is 256 g/mol. The second-order valence-electron chi connectivity index (χ2n) is 4.22. The molecule has 0 bridgehead atoms. The highest BCUT2D eigenvalue weighted by molar-refractivity contribution is 6.06. The normalized spacial score (nSPS) is 10.8. The Morgan fingerprint density at radius 1 is 1.32 bits per heavy atom. The number of hydrogen-bond donors (Lipinski definition) is 2. The third-order valence-corrected chi connectivity index (χ3v) is 2.81. The Balaban J connectivity index is 1.93. The number of nitrogens with zero attached hydrogens (tertiary/aromatic N) is 2. The summed E-state index contributed by atoms with van der Waals surface area (Å²) < 4.78 is 5.28. The quantitative estimate of drug-likeness (QED) is 0.737. The van der Waals surface area contributed by atoms with Gasteiger partial charge in [0, 0.05) is 12.3 Å². The Bertz CT molecular complexity index is 757. The van der Waals surface area contributed by atoms with Crippen molar-refractivity contribution in [1.82, 2.24) is 15.2 Å². The van der Waals surface area contributed by atoms with E-state index < -0.39 is 0 Å². The Labute approximate surface area is 108 Å². The average Bonchev–Trinajstić information content (AvgIpc) is 2.94. The van der Waals surface area contributed by atoms with Gasteiger partial charge in [-0.3, -0.25) is 9.89 Å². The van der Waals surface area contributed by atoms with E-state index in [1.54, 1.807) is 13.8 Å². The van der Waals surface area contributed by atoms with E-state index in [0.717, 1.165) is 10.9 Å². The molecule has 0 unspecified atom stereocenters. The maximum absolute atomic E-state index is 12.1. The largest absolute Gasteiger partial charge is 0.436 e. The van der Waals surface area contributed by atoms with Gasteiger partial charge in [0.05, 0.1) is 11.2 Å². The van der Waals surface area contributed by atoms with Crippen LogP contribution in [0.4, 0.5) is 5.82 Å². The summed E-state index contributed by atoms with van der Waals surface area (Å²) in [5.74, 6) is 0.809. The Hall–Kier alpha value is -2.63. The highest BCUT2D eigenvalue weighted by Crippen LogP contribution is 2.20. The number of oxazole rings is 1. The zero-order valence-corrected chi connectivity index (χ0v) is 10.5. The number of nitrogens with one attached hydrogen (secondary N) is 2. The van der Waals surface area contributed by atoms with Crippen molar-refractivity contribution in [1.29, 1.82) is 0 Å². The van der Waals surface area contributed by atoms with Crippen LogP contribution >= 0.6 is 0 Å². The molecule has 3 aromatic rings. The number of carbonyl (C=O) groups is 1. The van der Waals surface area contributed by atoms with Gasteiger partial charge >= 0.3 is 0 Å². The second-order valence-corrected chi connectivity index (χ2v) is 4.22. The van der Waals surface area contributed by atoms with Crippen LogP contribution in [0.5, 0.6) is 0 Å². The fourth-order valence-electron chi connectivity index (χ4n) is 1.97. The molecule has 0 aliphatic carbocycles. The predicted octanol–water partition coefficient (Wildman–Crippen LogP) is 2.42. The number of benzene rings is 1. The highest BCUT2D eigenvalue weighted by Gasteiger charge is 2.17. The molecule has 2 heterocycles. The van der Waals surface area contributed by atoms with Crippen LogP contribution in [0, 0.1) is 13.8 Å². The molecule has 1 aromatic carbocycles. The first kappa shape index (κ1) is 11.5. The SMILES string of the molecule is Cc1nc(C)c(C(=O)Nc2n[nH]c3ccccc23)o1. The minimum Gasteiger partial charge on any atom is -0.436 e. The summed E-state index contributed by atoms with van der Waals surface area (Å²) in [4.78, 5) is 16.2. The molecule has 3 rings (SSSR count). The molecule has 96 valence electrons. The first-order chi connectivity index (χ1) is 9.15. The second kappa shape index (κ2) is 4.24. The Kier molecular flexibility index (Phi) is 2.56. The van der Waals surface area contributed by atoms with Crippen molar-refractivity contribution in [2.24, 2.45) is 0 Å². The zero-order chi connectivity index (χ0) is 13.4. The van der Waals surface area contributed by atoms with E-state index in [4.69, 9.17) is 4.42 Å². The summed E-state index contributed by atoms with van der Waals surface area (Å²) in [6.07, 6.45) is 0. The van der Waals surface area contributed by atoms with Gasteiger partial charge in [0.2, 0.25) is 5.76 Å². The minimum absolute atomic E-state index is 0.213. The van der Waals surface area contributed by atoms with Gasteiger partial charge in [-0.1, -0.05) is 12.1 Å². The Morgan fingerprint density at radius 2 is 2.11 bits per heavy atom. The first-order valence-corrected chi connectivity index (χ1v) is 5.83. The van der Waals surface area contributed by atoms with E-state index in [1.165, 1.54) is 0 Å². The monoisotopic (exact) mass is 256 g/mol. The van der Waals surface area contributed by atoms with E-state index in [-0.39, 0.29) is 11.7 Å². The maximum Gasteiger partial charge on any atom is 0.294 e. The van der Waals surface area contributed by atoms with Crippen molar-refractivity contribution in [2.75, 3.05) is 5.32 Å². The number of hydrogen-bond acceptors (Lipinski definition) is 4. The molecule has 0 saturated heterocycles. The number of aromatic nitrogens is 3. The van der Waals surface area contributed by atoms with E-state index >= 15 is 0 Å². The molecule has 0 radical (unpaired) electrons. The third kappa shape index (κ3) is 1.97. The lowest BCUT2D eigenvalue weighted by molar-refractivity contribution is 0.0994. The molecular formula is C13H12N4O2. The predicted molar refractivity (Wildman–Crippen MR) is 70.0 cm³/mol. The minimum atomic E-state index is -0.352. The number of rotatable bonds is 2. The molecule has 0 saturated carbocycles. The lowest BCUT2D eigenvalue weighted by Crippen LogP contribution is -2.12. The molecule has 6 heteroatoms. The lowest BCUT2D eigenvalue weighted by Gasteiger charge is -1.99. The molecule has 0 atom stereocenters. The van der Waals surface area contributed by atoms with Gasteiger partial charge in [-0.15, -0.1) is 0 Å². The van der Waals surface area contributed by atoms with Gasteiger partial charge in [0.1, 0.15) is 0 Å². The first-order valence-electron chi connectivity index (χ1n) is 5.83. The van der Waals surface area contributed by atoms with E-state index in [2.05, 4.69) is 20.5 Å². The summed E-state index contributed by atoms with van der Waals surface area (Å²) in [5.41, 5.74) is 1.43. The lowest BCUT2D eigenvalue weighted by atomic mass is 10.2. The van der Waals surface area contributed by atoms with E-state index in [0.29, 0.717) is 17.4 Å². The van der Waals surface area contributed by atoms with Crippen LogP contribution in [0.1, 0.15) is 22.1 Å². The third-order valence-electron chi connectivity index (χ3n) is 2.81. The zero-order valence-electron chi connectivity index (χ0n) is 10.5. The number of H-pyrrole nitrogens is 1. The van der Waals surface area contributed by atoms with Gasteiger partial charge < -0.3 is 9.73 Å². The van der Waals surface area contributed by atoms with E-state index in [1.807, 2.05) is 24.3 Å². The number of para-hydroxylation sites is 1. The number of fused-ring (bicyclic) bond motifs is 1. The molecule has 6 nitrogen and oxygen atoms in total. The van der Waals surface area contributed by atoms with Gasteiger partial charge in [0.15, 0.2) is 11.7 Å². The standard InChI is InChI=1S/C13H12N4O2/c1-7-11(19-8(2)14-7)13(18)15-12-9-5-3-4-6-10(9)16-17-12/h3-6H,1-2H3,(H2,15,16,17,18). The molecule has 0 fully saturated rings. The van der Waals surface area contributed by atoms with Crippen LogP contribution in [0.2, 0.25) is 0 Å². The van der Waals surface area contributed by atoms with Crippen molar-refractivity contribution >= 4 is 22.6 Å². The van der Waals surface area contributed by atoms with Crippen molar-refractivity contribution in [2.45, 2.75) is 13.8 Å². The molecule has 0 aliphatic heterocycles. The molecule has 0 aliphatic rings. The van der Waals surface area contributed by atoms with Crippen molar-refractivity contribution in [3.05, 3.63) is 41.6 Å². The topological polar surface area (TPSA) is 83.8 Å². The summed E-state index contributed by atoms with van der Waals surface area (Å²) >= 11 is 0. The number of amides is 1. The number of anilines is 1.